The summed E-state index contributed by atoms with van der Waals surface area (Å²) in [6.07, 6.45) is -0.262. The van der Waals surface area contributed by atoms with E-state index >= 15 is 0 Å². The predicted molar refractivity (Wildman–Crippen MR) is 82.3 cm³/mol. The summed E-state index contributed by atoms with van der Waals surface area (Å²) >= 11 is 1.39. The van der Waals surface area contributed by atoms with Gasteiger partial charge in [-0.25, -0.2) is 14.6 Å². The first-order chi connectivity index (χ1) is 11.9. The van der Waals surface area contributed by atoms with Crippen LogP contribution in [0.4, 0.5) is 13.2 Å². The molecule has 3 heterocycles. The minimum atomic E-state index is -4.46. The number of hydrogen-bond acceptors (Lipinski definition) is 7. The summed E-state index contributed by atoms with van der Waals surface area (Å²) in [6, 6.07) is 2.44. The van der Waals surface area contributed by atoms with Crippen LogP contribution in [-0.2, 0) is 6.54 Å². The van der Waals surface area contributed by atoms with Crippen LogP contribution in [0, 0.1) is 0 Å². The molecule has 0 aliphatic carbocycles. The molecule has 130 valence electrons. The first-order valence-corrected chi connectivity index (χ1v) is 7.76. The van der Waals surface area contributed by atoms with E-state index in [0.29, 0.717) is 11.3 Å². The lowest BCUT2D eigenvalue weighted by atomic mass is 10.2. The Bertz CT molecular complexity index is 894. The summed E-state index contributed by atoms with van der Waals surface area (Å²) in [6.45, 7) is -1.20. The van der Waals surface area contributed by atoms with Crippen molar-refractivity contribution in [2.24, 2.45) is 0 Å². The normalized spacial score (nSPS) is 11.5. The molecule has 3 rings (SSSR count). The molecule has 25 heavy (non-hydrogen) atoms. The van der Waals surface area contributed by atoms with E-state index in [1.165, 1.54) is 40.5 Å². The average molecular weight is 369 g/mol. The van der Waals surface area contributed by atoms with Gasteiger partial charge in [-0.3, -0.25) is 9.78 Å². The van der Waals surface area contributed by atoms with E-state index in [0.717, 1.165) is 4.88 Å². The number of aromatic nitrogens is 5. The lowest BCUT2D eigenvalue weighted by Gasteiger charge is -2.08. The van der Waals surface area contributed by atoms with E-state index in [9.17, 15) is 18.0 Å². The van der Waals surface area contributed by atoms with Crippen molar-refractivity contribution < 1.29 is 17.9 Å². The molecule has 0 radical (unpaired) electrons. The Labute approximate surface area is 142 Å². The van der Waals surface area contributed by atoms with Gasteiger partial charge in [0.05, 0.1) is 17.7 Å². The lowest BCUT2D eigenvalue weighted by molar-refractivity contribution is -0.154. The highest BCUT2D eigenvalue weighted by Gasteiger charge is 2.28. The number of rotatable bonds is 5. The Balaban J connectivity index is 1.78. The van der Waals surface area contributed by atoms with E-state index in [1.807, 2.05) is 0 Å². The molecule has 7 nitrogen and oxygen atoms in total. The standard InChI is InChI=1S/C14H10F3N5O2S/c15-14(16,17)7-24-13-19-3-9(4-20-13)11-1-2-12(23)22(21-11)6-10-5-18-8-25-10/h1-5,8H,6-7H2. The monoisotopic (exact) mass is 369 g/mol. The molecule has 0 saturated heterocycles. The van der Waals surface area contributed by atoms with Crippen molar-refractivity contribution in [1.82, 2.24) is 24.7 Å². The minimum Gasteiger partial charge on any atom is -0.454 e. The van der Waals surface area contributed by atoms with Gasteiger partial charge in [0, 0.05) is 35.1 Å². The molecule has 0 amide bonds. The first kappa shape index (κ1) is 17.0. The maximum atomic E-state index is 12.1. The number of thiazole rings is 1. The predicted octanol–water partition coefficient (Wildman–Crippen LogP) is 2.15. The van der Waals surface area contributed by atoms with E-state index in [2.05, 4.69) is 24.8 Å². The van der Waals surface area contributed by atoms with Crippen molar-refractivity contribution in [2.45, 2.75) is 12.7 Å². The third-order valence-electron chi connectivity index (χ3n) is 2.94. The molecule has 0 aromatic carbocycles. The van der Waals surface area contributed by atoms with Gasteiger partial charge in [0.1, 0.15) is 0 Å². The zero-order valence-corrected chi connectivity index (χ0v) is 13.3. The molecule has 0 unspecified atom stereocenters. The van der Waals surface area contributed by atoms with Crippen LogP contribution in [0.15, 0.2) is 41.0 Å². The molecular formula is C14H10F3N5O2S. The van der Waals surface area contributed by atoms with Crippen molar-refractivity contribution in [3.63, 3.8) is 0 Å². The van der Waals surface area contributed by atoms with Gasteiger partial charge in [-0.05, 0) is 6.07 Å². The SMILES string of the molecule is O=c1ccc(-c2cnc(OCC(F)(F)F)nc2)nn1Cc1cncs1. The Morgan fingerprint density at radius 1 is 1.16 bits per heavy atom. The molecule has 0 bridgehead atoms. The van der Waals surface area contributed by atoms with Crippen molar-refractivity contribution in [3.8, 4) is 17.3 Å². The molecule has 0 N–H and O–H groups in total. The first-order valence-electron chi connectivity index (χ1n) is 6.88. The fourth-order valence-electron chi connectivity index (χ4n) is 1.85. The molecular weight excluding hydrogens is 359 g/mol. The zero-order valence-electron chi connectivity index (χ0n) is 12.5. The van der Waals surface area contributed by atoms with Crippen molar-refractivity contribution in [3.05, 3.63) is 51.5 Å². The van der Waals surface area contributed by atoms with Crippen LogP contribution >= 0.6 is 11.3 Å². The minimum absolute atomic E-state index is 0.269. The molecule has 0 spiro atoms. The second-order valence-corrected chi connectivity index (χ2v) is 5.81. The number of hydrogen-bond donors (Lipinski definition) is 0. The lowest BCUT2D eigenvalue weighted by Crippen LogP contribution is -2.22. The van der Waals surface area contributed by atoms with Gasteiger partial charge in [0.25, 0.3) is 5.56 Å². The Kier molecular flexibility index (Phi) is 4.74. The van der Waals surface area contributed by atoms with Crippen molar-refractivity contribution in [1.29, 1.82) is 0 Å². The quantitative estimate of drug-likeness (QED) is 0.685. The molecule has 0 aliphatic heterocycles. The Morgan fingerprint density at radius 3 is 2.56 bits per heavy atom. The smallest absolute Gasteiger partial charge is 0.422 e. The highest BCUT2D eigenvalue weighted by atomic mass is 32.1. The maximum Gasteiger partial charge on any atom is 0.422 e. The van der Waals surface area contributed by atoms with Crippen LogP contribution in [0.5, 0.6) is 6.01 Å². The van der Waals surface area contributed by atoms with Crippen LogP contribution in [-0.4, -0.2) is 37.5 Å². The Hall–Kier alpha value is -2.82. The zero-order chi connectivity index (χ0) is 17.9. The third-order valence-corrected chi connectivity index (χ3v) is 3.71. The van der Waals surface area contributed by atoms with Gasteiger partial charge in [0.15, 0.2) is 6.61 Å². The van der Waals surface area contributed by atoms with Gasteiger partial charge in [-0.15, -0.1) is 11.3 Å². The summed E-state index contributed by atoms with van der Waals surface area (Å²) in [5, 5.41) is 4.21. The number of ether oxygens (including phenoxy) is 1. The molecule has 3 aromatic rings. The van der Waals surface area contributed by atoms with E-state index in [1.54, 1.807) is 11.7 Å². The van der Waals surface area contributed by atoms with Gasteiger partial charge < -0.3 is 4.74 Å². The van der Waals surface area contributed by atoms with Crippen LogP contribution in [0.1, 0.15) is 4.88 Å². The van der Waals surface area contributed by atoms with Crippen molar-refractivity contribution >= 4 is 11.3 Å². The van der Waals surface area contributed by atoms with Crippen molar-refractivity contribution in [2.75, 3.05) is 6.61 Å². The number of alkyl halides is 3. The molecule has 11 heteroatoms. The van der Waals surface area contributed by atoms with Crippen LogP contribution in [0.25, 0.3) is 11.3 Å². The Morgan fingerprint density at radius 2 is 1.92 bits per heavy atom. The summed E-state index contributed by atoms with van der Waals surface area (Å²) in [7, 11) is 0. The largest absolute Gasteiger partial charge is 0.454 e. The second-order valence-electron chi connectivity index (χ2n) is 4.84. The van der Waals surface area contributed by atoms with Crippen LogP contribution in [0.3, 0.4) is 0 Å². The highest BCUT2D eigenvalue weighted by molar-refractivity contribution is 7.09. The van der Waals surface area contributed by atoms with Crippen LogP contribution < -0.4 is 10.3 Å². The molecule has 0 atom stereocenters. The summed E-state index contributed by atoms with van der Waals surface area (Å²) in [5.74, 6) is 0. The fourth-order valence-corrected chi connectivity index (χ4v) is 2.43. The number of halogens is 3. The maximum absolute atomic E-state index is 12.1. The highest BCUT2D eigenvalue weighted by Crippen LogP contribution is 2.18. The molecule has 0 fully saturated rings. The van der Waals surface area contributed by atoms with Gasteiger partial charge >= 0.3 is 12.2 Å². The fraction of sp³-hybridized carbons (Fsp3) is 0.214. The van der Waals surface area contributed by atoms with Gasteiger partial charge in [0.2, 0.25) is 0 Å². The topological polar surface area (TPSA) is 82.8 Å². The van der Waals surface area contributed by atoms with E-state index in [4.69, 9.17) is 0 Å². The third kappa shape index (κ3) is 4.59. The average Bonchev–Trinajstić information content (AvgIpc) is 3.08. The molecule has 0 saturated carbocycles. The van der Waals surface area contributed by atoms with E-state index in [-0.39, 0.29) is 18.1 Å². The van der Waals surface area contributed by atoms with E-state index < -0.39 is 12.8 Å². The molecule has 0 aliphatic rings. The summed E-state index contributed by atoms with van der Waals surface area (Å²) < 4.78 is 42.0. The summed E-state index contributed by atoms with van der Waals surface area (Å²) in [5.41, 5.74) is 2.21. The number of nitrogens with zero attached hydrogens (tertiary/aromatic N) is 5. The van der Waals surface area contributed by atoms with Gasteiger partial charge in [-0.2, -0.15) is 18.3 Å². The molecule has 3 aromatic heterocycles. The second kappa shape index (κ2) is 6.97. The van der Waals surface area contributed by atoms with Gasteiger partial charge in [-0.1, -0.05) is 0 Å². The van der Waals surface area contributed by atoms with Crippen LogP contribution in [0.2, 0.25) is 0 Å². The summed E-state index contributed by atoms with van der Waals surface area (Å²) in [4.78, 5) is 24.1.